The molecule has 0 fully saturated rings. The third kappa shape index (κ3) is 2.94. The standard InChI is InChI=1S/C12H12N3.ClH.Zn/c1-15(2)12-8-7-11(14-13)9-5-3-4-6-10(9)12;;/h3-8H,1-2H3;1H;/q+1;;/p-1. The summed E-state index contributed by atoms with van der Waals surface area (Å²) in [5.74, 6) is 0. The second-order valence-corrected chi connectivity index (χ2v) is 3.64. The van der Waals surface area contributed by atoms with E-state index in [2.05, 4.69) is 4.98 Å². The van der Waals surface area contributed by atoms with Gasteiger partial charge in [0.1, 0.15) is 0 Å². The van der Waals surface area contributed by atoms with E-state index in [4.69, 9.17) is 5.39 Å². The first-order valence-electron chi connectivity index (χ1n) is 4.78. The molecule has 84 valence electrons. The Bertz CT molecular complexity index is 549. The fourth-order valence-corrected chi connectivity index (χ4v) is 1.74. The minimum Gasteiger partial charge on any atom is -1.00 e. The first-order valence-corrected chi connectivity index (χ1v) is 4.78. The summed E-state index contributed by atoms with van der Waals surface area (Å²) < 4.78 is 0. The third-order valence-corrected chi connectivity index (χ3v) is 2.47. The van der Waals surface area contributed by atoms with Crippen molar-refractivity contribution < 1.29 is 31.9 Å². The average molecular weight is 299 g/mol. The number of benzene rings is 2. The minimum atomic E-state index is 0. The monoisotopic (exact) mass is 297 g/mol. The Morgan fingerprint density at radius 3 is 2.12 bits per heavy atom. The maximum atomic E-state index is 8.88. The molecule has 0 bridgehead atoms. The number of rotatable bonds is 1. The van der Waals surface area contributed by atoms with E-state index in [1.165, 1.54) is 0 Å². The normalized spacial score (nSPS) is 8.76. The predicted octanol–water partition coefficient (Wildman–Crippen LogP) is 0.392. The SMILES string of the molecule is CN(C)c1ccc([N+]#N)c2ccccc12.[Cl-].[Zn]. The van der Waals surface area contributed by atoms with Crippen molar-refractivity contribution >= 4 is 22.1 Å². The van der Waals surface area contributed by atoms with Crippen LogP contribution in [0, 0.1) is 5.39 Å². The first kappa shape index (κ1) is 15.8. The van der Waals surface area contributed by atoms with E-state index in [0.717, 1.165) is 16.5 Å². The molecule has 17 heavy (non-hydrogen) atoms. The van der Waals surface area contributed by atoms with E-state index in [-0.39, 0.29) is 31.9 Å². The Kier molecular flexibility index (Phi) is 6.09. The van der Waals surface area contributed by atoms with Crippen molar-refractivity contribution in [2.45, 2.75) is 0 Å². The summed E-state index contributed by atoms with van der Waals surface area (Å²) >= 11 is 0. The zero-order valence-corrected chi connectivity index (χ0v) is 13.6. The van der Waals surface area contributed by atoms with Gasteiger partial charge in [0.15, 0.2) is 4.98 Å². The van der Waals surface area contributed by atoms with Gasteiger partial charge >= 0.3 is 5.69 Å². The van der Waals surface area contributed by atoms with Crippen molar-refractivity contribution in [2.75, 3.05) is 19.0 Å². The van der Waals surface area contributed by atoms with Crippen molar-refractivity contribution in [3.05, 3.63) is 41.4 Å². The molecule has 0 spiro atoms. The Morgan fingerprint density at radius 1 is 1.00 bits per heavy atom. The minimum absolute atomic E-state index is 0. The molecular formula is C12H12ClN3Zn. The van der Waals surface area contributed by atoms with Gasteiger partial charge in [-0.1, -0.05) is 18.2 Å². The Hall–Kier alpha value is -1.17. The third-order valence-electron chi connectivity index (χ3n) is 2.47. The zero-order valence-electron chi connectivity index (χ0n) is 9.89. The molecule has 0 aromatic heterocycles. The van der Waals surface area contributed by atoms with Crippen molar-refractivity contribution in [2.24, 2.45) is 0 Å². The molecule has 0 radical (unpaired) electrons. The summed E-state index contributed by atoms with van der Waals surface area (Å²) in [6.45, 7) is 0. The molecule has 3 nitrogen and oxygen atoms in total. The number of nitrogens with zero attached hydrogens (tertiary/aromatic N) is 3. The van der Waals surface area contributed by atoms with Gasteiger partial charge in [-0.2, -0.15) is 0 Å². The van der Waals surface area contributed by atoms with E-state index < -0.39 is 0 Å². The van der Waals surface area contributed by atoms with Crippen LogP contribution >= 0.6 is 0 Å². The quantitative estimate of drug-likeness (QED) is 0.563. The van der Waals surface area contributed by atoms with Crippen LogP contribution in [0.4, 0.5) is 11.4 Å². The topological polar surface area (TPSA) is 31.4 Å². The average Bonchev–Trinajstić information content (AvgIpc) is 2.27. The van der Waals surface area contributed by atoms with Crippen molar-refractivity contribution in [1.29, 1.82) is 5.39 Å². The van der Waals surface area contributed by atoms with E-state index in [1.807, 2.05) is 55.4 Å². The van der Waals surface area contributed by atoms with Crippen LogP contribution in [0.1, 0.15) is 0 Å². The van der Waals surface area contributed by atoms with Crippen molar-refractivity contribution in [3.63, 3.8) is 0 Å². The number of anilines is 1. The largest absolute Gasteiger partial charge is 1.00 e. The molecule has 2 aromatic carbocycles. The molecule has 0 N–H and O–H groups in total. The molecule has 0 saturated carbocycles. The predicted molar refractivity (Wildman–Crippen MR) is 63.0 cm³/mol. The molecule has 0 amide bonds. The number of hydrogen-bond acceptors (Lipinski definition) is 2. The van der Waals surface area contributed by atoms with Crippen LogP contribution in [-0.2, 0) is 19.5 Å². The Morgan fingerprint density at radius 2 is 1.59 bits per heavy atom. The van der Waals surface area contributed by atoms with Crippen LogP contribution in [0.15, 0.2) is 36.4 Å². The fourth-order valence-electron chi connectivity index (χ4n) is 1.74. The van der Waals surface area contributed by atoms with Gasteiger partial charge in [-0.3, -0.25) is 0 Å². The zero-order chi connectivity index (χ0) is 10.8. The summed E-state index contributed by atoms with van der Waals surface area (Å²) in [5, 5.41) is 10.9. The molecule has 0 aliphatic carbocycles. The summed E-state index contributed by atoms with van der Waals surface area (Å²) in [6, 6.07) is 11.7. The fraction of sp³-hybridized carbons (Fsp3) is 0.167. The van der Waals surface area contributed by atoms with E-state index in [9.17, 15) is 0 Å². The maximum Gasteiger partial charge on any atom is 0.392 e. The molecule has 2 rings (SSSR count). The van der Waals surface area contributed by atoms with Gasteiger partial charge in [0, 0.05) is 50.7 Å². The van der Waals surface area contributed by atoms with E-state index >= 15 is 0 Å². The Balaban J connectivity index is 0.00000128. The number of diazo groups is 1. The van der Waals surface area contributed by atoms with Crippen LogP contribution in [0.5, 0.6) is 0 Å². The summed E-state index contributed by atoms with van der Waals surface area (Å²) in [5.41, 5.74) is 1.73. The molecule has 0 atom stereocenters. The van der Waals surface area contributed by atoms with Gasteiger partial charge in [-0.15, -0.1) is 0 Å². The molecular weight excluding hydrogens is 287 g/mol. The summed E-state index contributed by atoms with van der Waals surface area (Å²) in [4.78, 5) is 5.33. The number of hydrogen-bond donors (Lipinski definition) is 0. The van der Waals surface area contributed by atoms with Gasteiger partial charge in [0.05, 0.1) is 5.39 Å². The van der Waals surface area contributed by atoms with Crippen molar-refractivity contribution in [1.82, 2.24) is 0 Å². The van der Waals surface area contributed by atoms with Crippen LogP contribution in [-0.4, -0.2) is 14.1 Å². The van der Waals surface area contributed by atoms with Crippen molar-refractivity contribution in [3.8, 4) is 0 Å². The number of fused-ring (bicyclic) bond motifs is 1. The summed E-state index contributed by atoms with van der Waals surface area (Å²) in [6.07, 6.45) is 0. The van der Waals surface area contributed by atoms with E-state index in [1.54, 1.807) is 0 Å². The van der Waals surface area contributed by atoms with E-state index in [0.29, 0.717) is 5.69 Å². The van der Waals surface area contributed by atoms with Crippen LogP contribution in [0.3, 0.4) is 0 Å². The van der Waals surface area contributed by atoms with Gasteiger partial charge in [0.25, 0.3) is 0 Å². The molecule has 5 heteroatoms. The van der Waals surface area contributed by atoms with Gasteiger partial charge in [-0.05, 0) is 12.1 Å². The van der Waals surface area contributed by atoms with Crippen LogP contribution in [0.2, 0.25) is 0 Å². The van der Waals surface area contributed by atoms with Crippen LogP contribution in [0.25, 0.3) is 15.7 Å². The van der Waals surface area contributed by atoms with Gasteiger partial charge < -0.3 is 17.3 Å². The molecule has 0 aliphatic rings. The van der Waals surface area contributed by atoms with Gasteiger partial charge in [-0.25, -0.2) is 0 Å². The second-order valence-electron chi connectivity index (χ2n) is 3.64. The molecule has 0 saturated heterocycles. The second kappa shape index (κ2) is 6.54. The summed E-state index contributed by atoms with van der Waals surface area (Å²) in [7, 11) is 4.00. The molecule has 0 unspecified atom stereocenters. The Labute approximate surface area is 120 Å². The van der Waals surface area contributed by atoms with Crippen LogP contribution < -0.4 is 17.3 Å². The van der Waals surface area contributed by atoms with Gasteiger partial charge in [0.2, 0.25) is 5.39 Å². The molecule has 2 aromatic rings. The smallest absolute Gasteiger partial charge is 0.392 e. The maximum absolute atomic E-state index is 8.88. The first-order chi connectivity index (χ1) is 7.24. The number of halogens is 1. The molecule has 0 aliphatic heterocycles. The molecule has 0 heterocycles.